The van der Waals surface area contributed by atoms with Crippen LogP contribution in [0.1, 0.15) is 31.3 Å². The number of aryl methyl sites for hydroxylation is 1. The Morgan fingerprint density at radius 1 is 0.826 bits per heavy atom. The Kier molecular flexibility index (Phi) is 3.29. The van der Waals surface area contributed by atoms with Crippen molar-refractivity contribution in [3.8, 4) is 10.6 Å². The summed E-state index contributed by atoms with van der Waals surface area (Å²) in [7, 11) is 0. The van der Waals surface area contributed by atoms with Crippen molar-refractivity contribution in [3.05, 3.63) is 47.0 Å². The Balaban J connectivity index is 1.79. The highest BCUT2D eigenvalue weighted by Crippen LogP contribution is 2.35. The minimum absolute atomic E-state index is 0.181. The smallest absolute Gasteiger partial charge is 0.124 e. The van der Waals surface area contributed by atoms with E-state index in [2.05, 4.69) is 62.2 Å². The molecule has 0 aliphatic heterocycles. The molecule has 2 aromatic heterocycles. The quantitative estimate of drug-likeness (QED) is 0.414. The van der Waals surface area contributed by atoms with E-state index in [1.165, 1.54) is 20.5 Å². The fourth-order valence-corrected chi connectivity index (χ4v) is 4.53. The van der Waals surface area contributed by atoms with Gasteiger partial charge < -0.3 is 0 Å². The zero-order valence-corrected chi connectivity index (χ0v) is 15.3. The van der Waals surface area contributed by atoms with Gasteiger partial charge in [-0.3, -0.25) is 0 Å². The number of aromatic nitrogens is 2. The molecule has 0 spiro atoms. The number of rotatable bonds is 1. The second kappa shape index (κ2) is 5.11. The molecule has 0 amide bonds. The predicted molar refractivity (Wildman–Crippen MR) is 102 cm³/mol. The lowest BCUT2D eigenvalue weighted by Crippen LogP contribution is -2.10. The topological polar surface area (TPSA) is 25.8 Å². The lowest BCUT2D eigenvalue weighted by atomic mass is 9.87. The first-order valence-corrected chi connectivity index (χ1v) is 9.32. The van der Waals surface area contributed by atoms with Gasteiger partial charge in [-0.2, -0.15) is 0 Å². The standard InChI is InChI=1S/C19H18N2S2/c1-11-20-14-9-17-15(10-16(14)22-11)21-18(23-17)12-5-7-13(8-6-12)19(2,3)4/h5-10H,1-4H3. The van der Waals surface area contributed by atoms with E-state index in [9.17, 15) is 0 Å². The van der Waals surface area contributed by atoms with Crippen LogP contribution >= 0.6 is 22.7 Å². The summed E-state index contributed by atoms with van der Waals surface area (Å²) in [5.41, 5.74) is 4.87. The van der Waals surface area contributed by atoms with Gasteiger partial charge in [0.25, 0.3) is 0 Å². The van der Waals surface area contributed by atoms with Gasteiger partial charge in [-0.15, -0.1) is 22.7 Å². The lowest BCUT2D eigenvalue weighted by molar-refractivity contribution is 0.590. The van der Waals surface area contributed by atoms with Gasteiger partial charge in [0.15, 0.2) is 0 Å². The van der Waals surface area contributed by atoms with Crippen LogP contribution in [0.3, 0.4) is 0 Å². The van der Waals surface area contributed by atoms with Crippen LogP contribution in [0.15, 0.2) is 36.4 Å². The van der Waals surface area contributed by atoms with Gasteiger partial charge >= 0.3 is 0 Å². The maximum atomic E-state index is 4.83. The first-order valence-electron chi connectivity index (χ1n) is 7.69. The number of nitrogens with zero attached hydrogens (tertiary/aromatic N) is 2. The molecule has 0 atom stereocenters. The molecule has 0 saturated carbocycles. The summed E-state index contributed by atoms with van der Waals surface area (Å²) in [5.74, 6) is 0. The van der Waals surface area contributed by atoms with E-state index in [-0.39, 0.29) is 5.41 Å². The second-order valence-electron chi connectivity index (χ2n) is 6.87. The van der Waals surface area contributed by atoms with Crippen molar-refractivity contribution in [3.63, 3.8) is 0 Å². The molecule has 4 heteroatoms. The van der Waals surface area contributed by atoms with Gasteiger partial charge in [0.2, 0.25) is 0 Å². The maximum absolute atomic E-state index is 4.83. The summed E-state index contributed by atoms with van der Waals surface area (Å²) in [4.78, 5) is 9.41. The maximum Gasteiger partial charge on any atom is 0.124 e. The highest BCUT2D eigenvalue weighted by Gasteiger charge is 2.14. The average molecular weight is 339 g/mol. The fourth-order valence-electron chi connectivity index (χ4n) is 2.70. The van der Waals surface area contributed by atoms with Gasteiger partial charge in [-0.25, -0.2) is 9.97 Å². The minimum atomic E-state index is 0.181. The summed E-state index contributed by atoms with van der Waals surface area (Å²) < 4.78 is 2.42. The van der Waals surface area contributed by atoms with Gasteiger partial charge in [-0.1, -0.05) is 45.0 Å². The highest BCUT2D eigenvalue weighted by atomic mass is 32.1. The molecule has 4 aromatic rings. The Morgan fingerprint density at radius 3 is 2.09 bits per heavy atom. The van der Waals surface area contributed by atoms with Crippen LogP contribution in [0, 0.1) is 6.92 Å². The van der Waals surface area contributed by atoms with Crippen molar-refractivity contribution < 1.29 is 0 Å². The molecular formula is C19H18N2S2. The van der Waals surface area contributed by atoms with Gasteiger partial charge in [0, 0.05) is 5.56 Å². The second-order valence-corrected chi connectivity index (χ2v) is 9.13. The lowest BCUT2D eigenvalue weighted by Gasteiger charge is -2.18. The van der Waals surface area contributed by atoms with Crippen LogP contribution in [-0.2, 0) is 5.41 Å². The number of thiazole rings is 2. The van der Waals surface area contributed by atoms with Gasteiger partial charge in [-0.05, 0) is 30.0 Å². The molecule has 0 fully saturated rings. The largest absolute Gasteiger partial charge is 0.241 e. The molecule has 0 N–H and O–H groups in total. The normalized spacial score (nSPS) is 12.3. The molecule has 0 bridgehead atoms. The first-order chi connectivity index (χ1) is 10.9. The Morgan fingerprint density at radius 2 is 1.43 bits per heavy atom. The number of fused-ring (bicyclic) bond motifs is 2. The summed E-state index contributed by atoms with van der Waals surface area (Å²) in [6.07, 6.45) is 0. The van der Waals surface area contributed by atoms with Crippen molar-refractivity contribution in [2.45, 2.75) is 33.1 Å². The molecule has 2 heterocycles. The summed E-state index contributed by atoms with van der Waals surface area (Å²) in [6.45, 7) is 8.76. The van der Waals surface area contributed by atoms with Crippen molar-refractivity contribution >= 4 is 43.1 Å². The van der Waals surface area contributed by atoms with E-state index in [1.807, 2.05) is 6.92 Å². The van der Waals surface area contributed by atoms with Crippen LogP contribution in [0.4, 0.5) is 0 Å². The molecule has 0 aliphatic carbocycles. The van der Waals surface area contributed by atoms with Crippen molar-refractivity contribution in [2.24, 2.45) is 0 Å². The zero-order chi connectivity index (χ0) is 16.2. The summed E-state index contributed by atoms with van der Waals surface area (Å²) in [6, 6.07) is 13.1. The number of benzene rings is 2. The summed E-state index contributed by atoms with van der Waals surface area (Å²) >= 11 is 3.47. The van der Waals surface area contributed by atoms with E-state index in [1.54, 1.807) is 22.7 Å². The van der Waals surface area contributed by atoms with Crippen molar-refractivity contribution in [2.75, 3.05) is 0 Å². The monoisotopic (exact) mass is 338 g/mol. The third-order valence-corrected chi connectivity index (χ3v) is 6.00. The van der Waals surface area contributed by atoms with Gasteiger partial charge in [0.05, 0.1) is 25.4 Å². The minimum Gasteiger partial charge on any atom is -0.241 e. The van der Waals surface area contributed by atoms with Crippen LogP contribution < -0.4 is 0 Å². The predicted octanol–water partition coefficient (Wildman–Crippen LogP) is 6.18. The molecule has 0 aliphatic rings. The van der Waals surface area contributed by atoms with Crippen molar-refractivity contribution in [1.29, 1.82) is 0 Å². The molecular weight excluding hydrogens is 320 g/mol. The molecule has 0 saturated heterocycles. The zero-order valence-electron chi connectivity index (χ0n) is 13.7. The van der Waals surface area contributed by atoms with E-state index in [4.69, 9.17) is 4.98 Å². The van der Waals surface area contributed by atoms with E-state index in [0.29, 0.717) is 0 Å². The van der Waals surface area contributed by atoms with Crippen LogP contribution in [0.2, 0.25) is 0 Å². The third-order valence-electron chi connectivity index (χ3n) is 4.00. The average Bonchev–Trinajstić information content (AvgIpc) is 3.05. The van der Waals surface area contributed by atoms with E-state index >= 15 is 0 Å². The Hall–Kier alpha value is -1.78. The molecule has 23 heavy (non-hydrogen) atoms. The van der Waals surface area contributed by atoms with Crippen LogP contribution in [0.25, 0.3) is 31.0 Å². The Bertz CT molecular complexity index is 951. The van der Waals surface area contributed by atoms with Crippen LogP contribution in [-0.4, -0.2) is 9.97 Å². The molecule has 2 nitrogen and oxygen atoms in total. The molecule has 116 valence electrons. The number of hydrogen-bond acceptors (Lipinski definition) is 4. The van der Waals surface area contributed by atoms with Crippen molar-refractivity contribution in [1.82, 2.24) is 9.97 Å². The SMILES string of the molecule is Cc1nc2cc3sc(-c4ccc(C(C)(C)C)cc4)nc3cc2s1. The molecule has 4 rings (SSSR count). The summed E-state index contributed by atoms with van der Waals surface area (Å²) in [5, 5.41) is 2.19. The molecule has 2 aromatic carbocycles. The van der Waals surface area contributed by atoms with Crippen LogP contribution in [0.5, 0.6) is 0 Å². The molecule has 0 radical (unpaired) electrons. The van der Waals surface area contributed by atoms with E-state index in [0.717, 1.165) is 21.0 Å². The third kappa shape index (κ3) is 2.66. The Labute approximate surface area is 143 Å². The van der Waals surface area contributed by atoms with E-state index < -0.39 is 0 Å². The highest BCUT2D eigenvalue weighted by molar-refractivity contribution is 7.22. The van der Waals surface area contributed by atoms with Gasteiger partial charge in [0.1, 0.15) is 5.01 Å². The molecule has 0 unspecified atom stereocenters. The fraction of sp³-hybridized carbons (Fsp3) is 0.263. The number of hydrogen-bond donors (Lipinski definition) is 0. The first kappa shape index (κ1) is 14.8.